The van der Waals surface area contributed by atoms with Crippen LogP contribution in [-0.4, -0.2) is 24.8 Å². The Labute approximate surface area is 54.2 Å². The minimum atomic E-state index is 0.0196. The molecule has 0 aromatic heterocycles. The van der Waals surface area contributed by atoms with Gasteiger partial charge >= 0.3 is 0 Å². The van der Waals surface area contributed by atoms with Gasteiger partial charge in [-0.3, -0.25) is 5.32 Å². The quantitative estimate of drug-likeness (QED) is 0.387. The first-order valence-corrected chi connectivity index (χ1v) is 3.22. The van der Waals surface area contributed by atoms with Gasteiger partial charge in [0.05, 0.1) is 12.7 Å². The Bertz CT molecular complexity index is 60.8. The van der Waals surface area contributed by atoms with Crippen LogP contribution in [0.25, 0.3) is 0 Å². The van der Waals surface area contributed by atoms with Crippen molar-refractivity contribution in [3.8, 4) is 0 Å². The van der Waals surface area contributed by atoms with Crippen molar-refractivity contribution in [3.63, 3.8) is 0 Å². The topological polar surface area (TPSA) is 21.3 Å². The number of hydrogen-bond acceptors (Lipinski definition) is 2. The molecular formula is C5H10ClNO. The summed E-state index contributed by atoms with van der Waals surface area (Å²) >= 11 is 5.65. The van der Waals surface area contributed by atoms with Gasteiger partial charge in [0.15, 0.2) is 0 Å². The summed E-state index contributed by atoms with van der Waals surface area (Å²) in [5.74, 6) is 0. The van der Waals surface area contributed by atoms with Gasteiger partial charge in [-0.05, 0) is 6.92 Å². The number of hydrogen-bond donors (Lipinski definition) is 1. The molecule has 2 atom stereocenters. The average molecular weight is 136 g/mol. The van der Waals surface area contributed by atoms with Gasteiger partial charge in [0, 0.05) is 6.54 Å². The second-order valence-corrected chi connectivity index (χ2v) is 2.55. The smallest absolute Gasteiger partial charge is 0.106 e. The van der Waals surface area contributed by atoms with Gasteiger partial charge in [0.25, 0.3) is 0 Å². The molecule has 0 bridgehead atoms. The molecule has 1 N–H and O–H groups in total. The average Bonchev–Trinajstić information content (AvgIpc) is 1.77. The van der Waals surface area contributed by atoms with E-state index < -0.39 is 0 Å². The van der Waals surface area contributed by atoms with Crippen molar-refractivity contribution in [2.45, 2.75) is 18.5 Å². The molecule has 1 aliphatic rings. The van der Waals surface area contributed by atoms with E-state index in [9.17, 15) is 0 Å². The van der Waals surface area contributed by atoms with Crippen LogP contribution in [0.5, 0.6) is 0 Å². The lowest BCUT2D eigenvalue weighted by atomic mass is 10.3. The van der Waals surface area contributed by atoms with Crippen molar-refractivity contribution >= 4 is 11.6 Å². The Hall–Kier alpha value is 0.210. The van der Waals surface area contributed by atoms with Crippen LogP contribution in [0.2, 0.25) is 0 Å². The monoisotopic (exact) mass is 135 g/mol. The third kappa shape index (κ3) is 1.62. The largest absolute Gasteiger partial charge is 0.374 e. The van der Waals surface area contributed by atoms with E-state index in [1.54, 1.807) is 0 Å². The lowest BCUT2D eigenvalue weighted by Gasteiger charge is -2.23. The highest BCUT2D eigenvalue weighted by atomic mass is 35.5. The van der Waals surface area contributed by atoms with E-state index >= 15 is 0 Å². The Balaban J connectivity index is 2.19. The first kappa shape index (κ1) is 6.33. The van der Waals surface area contributed by atoms with Gasteiger partial charge in [0.2, 0.25) is 0 Å². The van der Waals surface area contributed by atoms with Crippen LogP contribution in [0.15, 0.2) is 0 Å². The van der Waals surface area contributed by atoms with Crippen LogP contribution in [0, 0.1) is 0 Å². The predicted molar refractivity (Wildman–Crippen MR) is 33.1 cm³/mol. The van der Waals surface area contributed by atoms with E-state index in [-0.39, 0.29) is 5.50 Å². The molecule has 0 aromatic rings. The zero-order chi connectivity index (χ0) is 5.98. The summed E-state index contributed by atoms with van der Waals surface area (Å²) in [6, 6.07) is 0. The molecule has 1 saturated heterocycles. The van der Waals surface area contributed by atoms with Crippen molar-refractivity contribution < 1.29 is 4.74 Å². The summed E-state index contributed by atoms with van der Waals surface area (Å²) in [5.41, 5.74) is 0.0196. The standard InChI is InChI=1S/C5H10ClNO/c1-4-2-7-5(6)3-8-4/h4-5,7H,2-3H2,1H3. The molecule has 48 valence electrons. The highest BCUT2D eigenvalue weighted by Gasteiger charge is 2.13. The first-order valence-electron chi connectivity index (χ1n) is 2.78. The van der Waals surface area contributed by atoms with E-state index in [4.69, 9.17) is 16.3 Å². The number of alkyl halides is 1. The summed E-state index contributed by atoms with van der Waals surface area (Å²) in [5, 5.41) is 3.07. The molecule has 0 amide bonds. The lowest BCUT2D eigenvalue weighted by Crippen LogP contribution is -2.41. The van der Waals surface area contributed by atoms with Gasteiger partial charge in [-0.1, -0.05) is 0 Å². The minimum absolute atomic E-state index is 0.0196. The van der Waals surface area contributed by atoms with Gasteiger partial charge in [-0.2, -0.15) is 0 Å². The fourth-order valence-corrected chi connectivity index (χ4v) is 0.822. The third-order valence-corrected chi connectivity index (χ3v) is 1.43. The van der Waals surface area contributed by atoms with Crippen molar-refractivity contribution in [2.75, 3.05) is 13.2 Å². The fourth-order valence-electron chi connectivity index (χ4n) is 0.660. The number of nitrogens with one attached hydrogen (secondary N) is 1. The molecule has 0 aromatic carbocycles. The molecule has 8 heavy (non-hydrogen) atoms. The number of morpholine rings is 1. The second-order valence-electron chi connectivity index (χ2n) is 2.02. The minimum Gasteiger partial charge on any atom is -0.374 e. The van der Waals surface area contributed by atoms with Crippen LogP contribution in [0.4, 0.5) is 0 Å². The Kier molecular flexibility index (Phi) is 2.11. The molecule has 2 nitrogen and oxygen atoms in total. The molecule has 2 unspecified atom stereocenters. The highest BCUT2D eigenvalue weighted by molar-refractivity contribution is 6.20. The molecule has 0 spiro atoms. The SMILES string of the molecule is CC1CNC(Cl)CO1. The molecule has 0 saturated carbocycles. The predicted octanol–water partition coefficient (Wildman–Crippen LogP) is 0.560. The summed E-state index contributed by atoms with van der Waals surface area (Å²) < 4.78 is 5.20. The molecule has 1 fully saturated rings. The fraction of sp³-hybridized carbons (Fsp3) is 1.00. The molecular weight excluding hydrogens is 126 g/mol. The van der Waals surface area contributed by atoms with Crippen molar-refractivity contribution in [3.05, 3.63) is 0 Å². The maximum atomic E-state index is 5.65. The summed E-state index contributed by atoms with van der Waals surface area (Å²) in [6.07, 6.45) is 0.324. The van der Waals surface area contributed by atoms with Crippen molar-refractivity contribution in [1.29, 1.82) is 0 Å². The Morgan fingerprint density at radius 1 is 1.75 bits per heavy atom. The molecule has 1 heterocycles. The highest BCUT2D eigenvalue weighted by Crippen LogP contribution is 2.01. The maximum absolute atomic E-state index is 5.65. The van der Waals surface area contributed by atoms with Crippen LogP contribution in [0.3, 0.4) is 0 Å². The van der Waals surface area contributed by atoms with Gasteiger partial charge < -0.3 is 4.74 Å². The number of ether oxygens (including phenoxy) is 1. The van der Waals surface area contributed by atoms with Gasteiger partial charge in [-0.25, -0.2) is 0 Å². The van der Waals surface area contributed by atoms with E-state index in [1.165, 1.54) is 0 Å². The molecule has 0 aliphatic carbocycles. The van der Waals surface area contributed by atoms with E-state index in [2.05, 4.69) is 5.32 Å². The summed E-state index contributed by atoms with van der Waals surface area (Å²) in [7, 11) is 0. The zero-order valence-corrected chi connectivity index (χ0v) is 5.61. The maximum Gasteiger partial charge on any atom is 0.106 e. The normalized spacial score (nSPS) is 39.8. The first-order chi connectivity index (χ1) is 3.79. The van der Waals surface area contributed by atoms with Crippen LogP contribution in [0.1, 0.15) is 6.92 Å². The van der Waals surface area contributed by atoms with Gasteiger partial charge in [-0.15, -0.1) is 11.6 Å². The van der Waals surface area contributed by atoms with E-state index in [1.807, 2.05) is 6.92 Å². The Morgan fingerprint density at radius 2 is 2.50 bits per heavy atom. The molecule has 1 aliphatic heterocycles. The second kappa shape index (κ2) is 2.67. The lowest BCUT2D eigenvalue weighted by molar-refractivity contribution is 0.0324. The third-order valence-electron chi connectivity index (χ3n) is 1.15. The van der Waals surface area contributed by atoms with Crippen LogP contribution < -0.4 is 5.32 Å². The molecule has 0 radical (unpaired) electrons. The zero-order valence-electron chi connectivity index (χ0n) is 4.86. The Morgan fingerprint density at radius 3 is 2.88 bits per heavy atom. The van der Waals surface area contributed by atoms with Crippen molar-refractivity contribution in [1.82, 2.24) is 5.32 Å². The van der Waals surface area contributed by atoms with E-state index in [0.717, 1.165) is 6.54 Å². The van der Waals surface area contributed by atoms with Crippen LogP contribution in [-0.2, 0) is 4.74 Å². The van der Waals surface area contributed by atoms with Crippen molar-refractivity contribution in [2.24, 2.45) is 0 Å². The molecule has 3 heteroatoms. The van der Waals surface area contributed by atoms with Gasteiger partial charge in [0.1, 0.15) is 5.50 Å². The van der Waals surface area contributed by atoms with Crippen LogP contribution >= 0.6 is 11.6 Å². The number of halogens is 1. The van der Waals surface area contributed by atoms with E-state index in [0.29, 0.717) is 12.7 Å². The number of rotatable bonds is 0. The summed E-state index contributed by atoms with van der Waals surface area (Å²) in [4.78, 5) is 0. The summed E-state index contributed by atoms with van der Waals surface area (Å²) in [6.45, 7) is 3.52. The molecule has 1 rings (SSSR count).